The van der Waals surface area contributed by atoms with E-state index in [-0.39, 0.29) is 12.6 Å². The number of piperidine rings is 1. The standard InChI is InChI=1S/C12H14F4N2/c13-8-9-4-6-18(7-5-9)11-3-1-2-10(17-11)12(14,15)16/h1-3,9H,4-8H2. The molecule has 2 rings (SSSR count). The molecule has 1 aromatic rings. The van der Waals surface area contributed by atoms with Crippen LogP contribution < -0.4 is 4.90 Å². The first-order valence-corrected chi connectivity index (χ1v) is 5.86. The fourth-order valence-corrected chi connectivity index (χ4v) is 2.07. The van der Waals surface area contributed by atoms with E-state index in [0.717, 1.165) is 6.07 Å². The Morgan fingerprint density at radius 1 is 1.22 bits per heavy atom. The lowest BCUT2D eigenvalue weighted by Gasteiger charge is -2.31. The van der Waals surface area contributed by atoms with E-state index in [1.54, 1.807) is 11.0 Å². The second-order valence-corrected chi connectivity index (χ2v) is 4.46. The third-order valence-corrected chi connectivity index (χ3v) is 3.18. The molecule has 0 saturated carbocycles. The molecule has 0 radical (unpaired) electrons. The third kappa shape index (κ3) is 2.91. The quantitative estimate of drug-likeness (QED) is 0.760. The Labute approximate surface area is 103 Å². The topological polar surface area (TPSA) is 16.1 Å². The van der Waals surface area contributed by atoms with Crippen molar-refractivity contribution in [1.82, 2.24) is 4.98 Å². The molecule has 1 aromatic heterocycles. The molecule has 6 heteroatoms. The average molecular weight is 262 g/mol. The Balaban J connectivity index is 2.10. The largest absolute Gasteiger partial charge is 0.433 e. The Kier molecular flexibility index (Phi) is 3.73. The summed E-state index contributed by atoms with van der Waals surface area (Å²) < 4.78 is 50.0. The molecule has 0 amide bonds. The summed E-state index contributed by atoms with van der Waals surface area (Å²) >= 11 is 0. The van der Waals surface area contributed by atoms with Crippen LogP contribution in [0.15, 0.2) is 18.2 Å². The maximum Gasteiger partial charge on any atom is 0.433 e. The highest BCUT2D eigenvalue weighted by Crippen LogP contribution is 2.30. The molecule has 0 atom stereocenters. The van der Waals surface area contributed by atoms with Gasteiger partial charge in [-0.25, -0.2) is 4.98 Å². The maximum atomic E-state index is 12.5. The van der Waals surface area contributed by atoms with Crippen molar-refractivity contribution in [2.24, 2.45) is 5.92 Å². The summed E-state index contributed by atoms with van der Waals surface area (Å²) in [4.78, 5) is 5.40. The van der Waals surface area contributed by atoms with E-state index in [1.165, 1.54) is 6.07 Å². The van der Waals surface area contributed by atoms with Crippen LogP contribution in [0.2, 0.25) is 0 Å². The van der Waals surface area contributed by atoms with E-state index in [2.05, 4.69) is 4.98 Å². The Bertz CT molecular complexity index is 397. The molecule has 0 spiro atoms. The number of hydrogen-bond donors (Lipinski definition) is 0. The number of aromatic nitrogens is 1. The van der Waals surface area contributed by atoms with E-state index < -0.39 is 11.9 Å². The van der Waals surface area contributed by atoms with Gasteiger partial charge < -0.3 is 4.90 Å². The van der Waals surface area contributed by atoms with E-state index in [9.17, 15) is 17.6 Å². The van der Waals surface area contributed by atoms with Gasteiger partial charge in [-0.05, 0) is 30.9 Å². The van der Waals surface area contributed by atoms with Crippen molar-refractivity contribution < 1.29 is 17.6 Å². The average Bonchev–Trinajstić information content (AvgIpc) is 2.38. The zero-order valence-corrected chi connectivity index (χ0v) is 9.75. The number of hydrogen-bond acceptors (Lipinski definition) is 2. The van der Waals surface area contributed by atoms with Crippen LogP contribution in [0.5, 0.6) is 0 Å². The molecule has 1 saturated heterocycles. The van der Waals surface area contributed by atoms with Crippen molar-refractivity contribution in [3.05, 3.63) is 23.9 Å². The van der Waals surface area contributed by atoms with Gasteiger partial charge in [-0.1, -0.05) is 6.07 Å². The summed E-state index contributed by atoms with van der Waals surface area (Å²) in [5.74, 6) is 0.356. The van der Waals surface area contributed by atoms with Crippen molar-refractivity contribution >= 4 is 5.82 Å². The number of nitrogens with zero attached hydrogens (tertiary/aromatic N) is 2. The van der Waals surface area contributed by atoms with Crippen LogP contribution in [-0.2, 0) is 6.18 Å². The van der Waals surface area contributed by atoms with Gasteiger partial charge >= 0.3 is 6.18 Å². The first kappa shape index (κ1) is 13.1. The number of anilines is 1. The predicted octanol–water partition coefficient (Wildman–Crippen LogP) is 3.29. The predicted molar refractivity (Wildman–Crippen MR) is 60.2 cm³/mol. The fourth-order valence-electron chi connectivity index (χ4n) is 2.07. The highest BCUT2D eigenvalue weighted by Gasteiger charge is 2.33. The minimum atomic E-state index is -4.42. The first-order valence-electron chi connectivity index (χ1n) is 5.86. The van der Waals surface area contributed by atoms with Crippen LogP contribution in [0.1, 0.15) is 18.5 Å². The molecule has 0 aliphatic carbocycles. The van der Waals surface area contributed by atoms with Crippen molar-refractivity contribution in [3.63, 3.8) is 0 Å². The number of alkyl halides is 4. The van der Waals surface area contributed by atoms with E-state index >= 15 is 0 Å². The van der Waals surface area contributed by atoms with Gasteiger partial charge in [0.05, 0.1) is 6.67 Å². The Hall–Kier alpha value is -1.33. The van der Waals surface area contributed by atoms with Crippen LogP contribution >= 0.6 is 0 Å². The number of pyridine rings is 1. The smallest absolute Gasteiger partial charge is 0.357 e. The van der Waals surface area contributed by atoms with Crippen molar-refractivity contribution in [3.8, 4) is 0 Å². The maximum absolute atomic E-state index is 12.5. The second-order valence-electron chi connectivity index (χ2n) is 4.46. The van der Waals surface area contributed by atoms with Gasteiger partial charge in [0.15, 0.2) is 0 Å². The minimum Gasteiger partial charge on any atom is -0.357 e. The molecule has 0 bridgehead atoms. The lowest BCUT2D eigenvalue weighted by atomic mass is 9.98. The van der Waals surface area contributed by atoms with E-state index in [1.807, 2.05) is 0 Å². The molecule has 0 unspecified atom stereocenters. The monoisotopic (exact) mass is 262 g/mol. The van der Waals surface area contributed by atoms with E-state index in [0.29, 0.717) is 31.7 Å². The third-order valence-electron chi connectivity index (χ3n) is 3.18. The highest BCUT2D eigenvalue weighted by atomic mass is 19.4. The van der Waals surface area contributed by atoms with Crippen molar-refractivity contribution in [2.75, 3.05) is 24.7 Å². The molecule has 18 heavy (non-hydrogen) atoms. The van der Waals surface area contributed by atoms with Gasteiger partial charge in [0.1, 0.15) is 11.5 Å². The molecule has 0 aromatic carbocycles. The summed E-state index contributed by atoms with van der Waals surface area (Å²) in [6, 6.07) is 3.87. The summed E-state index contributed by atoms with van der Waals surface area (Å²) in [6.07, 6.45) is -3.10. The number of halogens is 4. The lowest BCUT2D eigenvalue weighted by Crippen LogP contribution is -2.35. The highest BCUT2D eigenvalue weighted by molar-refractivity contribution is 5.40. The molecular weight excluding hydrogens is 248 g/mol. The molecular formula is C12H14F4N2. The summed E-state index contributed by atoms with van der Waals surface area (Å²) in [7, 11) is 0. The van der Waals surface area contributed by atoms with Crippen LogP contribution in [0.4, 0.5) is 23.4 Å². The van der Waals surface area contributed by atoms with Crippen molar-refractivity contribution in [2.45, 2.75) is 19.0 Å². The van der Waals surface area contributed by atoms with Gasteiger partial charge in [-0.2, -0.15) is 13.2 Å². The number of rotatable bonds is 2. The zero-order chi connectivity index (χ0) is 13.2. The zero-order valence-electron chi connectivity index (χ0n) is 9.75. The first-order chi connectivity index (χ1) is 8.50. The van der Waals surface area contributed by atoms with Gasteiger partial charge in [0.25, 0.3) is 0 Å². The lowest BCUT2D eigenvalue weighted by molar-refractivity contribution is -0.141. The second kappa shape index (κ2) is 5.12. The van der Waals surface area contributed by atoms with Crippen LogP contribution in [0, 0.1) is 5.92 Å². The Morgan fingerprint density at radius 3 is 2.44 bits per heavy atom. The van der Waals surface area contributed by atoms with Gasteiger partial charge in [0, 0.05) is 13.1 Å². The van der Waals surface area contributed by atoms with Gasteiger partial charge in [-0.15, -0.1) is 0 Å². The molecule has 1 aliphatic heterocycles. The molecule has 100 valence electrons. The van der Waals surface area contributed by atoms with Crippen LogP contribution in [0.3, 0.4) is 0 Å². The Morgan fingerprint density at radius 2 is 1.89 bits per heavy atom. The molecule has 1 fully saturated rings. The molecule has 1 aliphatic rings. The van der Waals surface area contributed by atoms with E-state index in [4.69, 9.17) is 0 Å². The SMILES string of the molecule is FCC1CCN(c2cccc(C(F)(F)F)n2)CC1. The van der Waals surface area contributed by atoms with Crippen LogP contribution in [0.25, 0.3) is 0 Å². The normalized spacial score (nSPS) is 18.1. The van der Waals surface area contributed by atoms with Gasteiger partial charge in [0.2, 0.25) is 0 Å². The fraction of sp³-hybridized carbons (Fsp3) is 0.583. The minimum absolute atomic E-state index is 0.0343. The molecule has 2 nitrogen and oxygen atoms in total. The summed E-state index contributed by atoms with van der Waals surface area (Å²) in [5, 5.41) is 0. The summed E-state index contributed by atoms with van der Waals surface area (Å²) in [6.45, 7) is 0.760. The van der Waals surface area contributed by atoms with Crippen molar-refractivity contribution in [1.29, 1.82) is 0 Å². The molecule has 0 N–H and O–H groups in total. The van der Waals surface area contributed by atoms with Gasteiger partial charge in [-0.3, -0.25) is 4.39 Å². The molecule has 2 heterocycles. The van der Waals surface area contributed by atoms with Crippen LogP contribution in [-0.4, -0.2) is 24.7 Å². The summed E-state index contributed by atoms with van der Waals surface area (Å²) in [5.41, 5.74) is -0.882.